The maximum atomic E-state index is 9.98. The Morgan fingerprint density at radius 1 is 1.27 bits per heavy atom. The van der Waals surface area contributed by atoms with E-state index in [2.05, 4.69) is 46.7 Å². The van der Waals surface area contributed by atoms with Crippen LogP contribution in [0.25, 0.3) is 11.3 Å². The first kappa shape index (κ1) is 14.6. The highest BCUT2D eigenvalue weighted by molar-refractivity contribution is 5.62. The van der Waals surface area contributed by atoms with Crippen LogP contribution in [-0.2, 0) is 6.54 Å². The molecule has 2 aromatic heterocycles. The fourth-order valence-corrected chi connectivity index (χ4v) is 2.34. The van der Waals surface area contributed by atoms with E-state index >= 15 is 0 Å². The number of furan rings is 1. The maximum absolute atomic E-state index is 9.98. The van der Waals surface area contributed by atoms with Crippen LogP contribution in [-0.4, -0.2) is 21.8 Å². The van der Waals surface area contributed by atoms with E-state index < -0.39 is 6.10 Å². The van der Waals surface area contributed by atoms with Gasteiger partial charge in [-0.2, -0.15) is 5.10 Å². The van der Waals surface area contributed by atoms with Crippen LogP contribution in [0.15, 0.2) is 53.3 Å². The molecule has 3 N–H and O–H groups in total. The summed E-state index contributed by atoms with van der Waals surface area (Å²) in [6, 6.07) is 11.8. The number of nitrogens with zero attached hydrogens (tertiary/aromatic N) is 1. The Kier molecular flexibility index (Phi) is 4.37. The fourth-order valence-electron chi connectivity index (χ4n) is 2.34. The third-order valence-corrected chi connectivity index (χ3v) is 3.58. The van der Waals surface area contributed by atoms with Crippen LogP contribution >= 0.6 is 0 Å². The Hall–Kier alpha value is -2.37. The maximum Gasteiger partial charge on any atom is 0.133 e. The standard InChI is InChI=1S/C17H19N3O2/c1-12-4-6-13(7-5-12)17-14(10-19-20-17)9-18-11-15(21)16-3-2-8-22-16/h2-8,10,15,18,21H,9,11H2,1H3,(H,19,20). The second kappa shape index (κ2) is 6.60. The van der Waals surface area contributed by atoms with Gasteiger partial charge in [-0.3, -0.25) is 5.10 Å². The van der Waals surface area contributed by atoms with Crippen molar-refractivity contribution in [1.29, 1.82) is 0 Å². The van der Waals surface area contributed by atoms with Gasteiger partial charge in [-0.05, 0) is 24.6 Å². The molecule has 0 saturated carbocycles. The Morgan fingerprint density at radius 2 is 2.09 bits per heavy atom. The van der Waals surface area contributed by atoms with E-state index in [0.717, 1.165) is 16.8 Å². The summed E-state index contributed by atoms with van der Waals surface area (Å²) in [7, 11) is 0. The minimum atomic E-state index is -0.648. The van der Waals surface area contributed by atoms with Gasteiger partial charge in [0.2, 0.25) is 0 Å². The molecular weight excluding hydrogens is 278 g/mol. The molecular formula is C17H19N3O2. The summed E-state index contributed by atoms with van der Waals surface area (Å²) in [5.74, 6) is 0.568. The van der Waals surface area contributed by atoms with Gasteiger partial charge in [0.1, 0.15) is 11.9 Å². The molecule has 0 saturated heterocycles. The summed E-state index contributed by atoms with van der Waals surface area (Å²) in [6.07, 6.45) is 2.72. The minimum absolute atomic E-state index is 0.423. The molecule has 0 bridgehead atoms. The largest absolute Gasteiger partial charge is 0.467 e. The van der Waals surface area contributed by atoms with Crippen LogP contribution in [0, 0.1) is 6.92 Å². The molecule has 114 valence electrons. The van der Waals surface area contributed by atoms with Crippen molar-refractivity contribution in [2.45, 2.75) is 19.6 Å². The molecule has 5 nitrogen and oxygen atoms in total. The van der Waals surface area contributed by atoms with Crippen LogP contribution < -0.4 is 5.32 Å². The van der Waals surface area contributed by atoms with Gasteiger partial charge in [-0.25, -0.2) is 0 Å². The number of aryl methyl sites for hydroxylation is 1. The summed E-state index contributed by atoms with van der Waals surface area (Å²) in [5, 5.41) is 20.4. The first-order valence-electron chi connectivity index (χ1n) is 7.25. The third kappa shape index (κ3) is 3.27. The highest BCUT2D eigenvalue weighted by Crippen LogP contribution is 2.21. The van der Waals surface area contributed by atoms with Crippen LogP contribution in [0.2, 0.25) is 0 Å². The summed E-state index contributed by atoms with van der Waals surface area (Å²) in [6.45, 7) is 3.11. The normalized spacial score (nSPS) is 12.5. The van der Waals surface area contributed by atoms with E-state index in [-0.39, 0.29) is 0 Å². The smallest absolute Gasteiger partial charge is 0.133 e. The minimum Gasteiger partial charge on any atom is -0.467 e. The predicted molar refractivity (Wildman–Crippen MR) is 84.1 cm³/mol. The van der Waals surface area contributed by atoms with Gasteiger partial charge < -0.3 is 14.8 Å². The summed E-state index contributed by atoms with van der Waals surface area (Å²) in [5.41, 5.74) is 4.39. The fraction of sp³-hybridized carbons (Fsp3) is 0.235. The number of aromatic amines is 1. The van der Waals surface area contributed by atoms with Crippen molar-refractivity contribution in [3.63, 3.8) is 0 Å². The second-order valence-corrected chi connectivity index (χ2v) is 5.30. The quantitative estimate of drug-likeness (QED) is 0.654. The zero-order chi connectivity index (χ0) is 15.4. The van der Waals surface area contributed by atoms with Crippen LogP contribution in [0.4, 0.5) is 0 Å². The van der Waals surface area contributed by atoms with Gasteiger partial charge in [-0.15, -0.1) is 0 Å². The Labute approximate surface area is 129 Å². The number of H-pyrrole nitrogens is 1. The molecule has 1 atom stereocenters. The molecule has 2 heterocycles. The van der Waals surface area contributed by atoms with Crippen molar-refractivity contribution in [1.82, 2.24) is 15.5 Å². The lowest BCUT2D eigenvalue weighted by Crippen LogP contribution is -2.20. The molecule has 0 aliphatic carbocycles. The van der Waals surface area contributed by atoms with Crippen molar-refractivity contribution >= 4 is 0 Å². The van der Waals surface area contributed by atoms with Gasteiger partial charge in [0.25, 0.3) is 0 Å². The number of nitrogens with one attached hydrogen (secondary N) is 2. The molecule has 1 unspecified atom stereocenters. The average molecular weight is 297 g/mol. The lowest BCUT2D eigenvalue weighted by molar-refractivity contribution is 0.147. The Morgan fingerprint density at radius 3 is 2.82 bits per heavy atom. The van der Waals surface area contributed by atoms with Gasteiger partial charge >= 0.3 is 0 Å². The van der Waals surface area contributed by atoms with E-state index in [4.69, 9.17) is 4.42 Å². The monoisotopic (exact) mass is 297 g/mol. The molecule has 1 aromatic carbocycles. The van der Waals surface area contributed by atoms with E-state index in [9.17, 15) is 5.11 Å². The van der Waals surface area contributed by atoms with Gasteiger partial charge in [0.15, 0.2) is 0 Å². The molecule has 3 rings (SSSR count). The number of hydrogen-bond donors (Lipinski definition) is 3. The highest BCUT2D eigenvalue weighted by atomic mass is 16.4. The molecule has 0 fully saturated rings. The van der Waals surface area contributed by atoms with Gasteiger partial charge in [-0.1, -0.05) is 29.8 Å². The van der Waals surface area contributed by atoms with Crippen LogP contribution in [0.3, 0.4) is 0 Å². The SMILES string of the molecule is Cc1ccc(-c2[nH]ncc2CNCC(O)c2ccco2)cc1. The van der Waals surface area contributed by atoms with E-state index in [1.54, 1.807) is 18.4 Å². The number of aliphatic hydroxyl groups excluding tert-OH is 1. The topological polar surface area (TPSA) is 74.1 Å². The highest BCUT2D eigenvalue weighted by Gasteiger charge is 2.11. The molecule has 5 heteroatoms. The van der Waals surface area contributed by atoms with Crippen molar-refractivity contribution < 1.29 is 9.52 Å². The zero-order valence-electron chi connectivity index (χ0n) is 12.4. The van der Waals surface area contributed by atoms with Crippen molar-refractivity contribution in [3.05, 3.63) is 65.7 Å². The number of aromatic nitrogens is 2. The van der Waals surface area contributed by atoms with Gasteiger partial charge in [0, 0.05) is 18.7 Å². The lowest BCUT2D eigenvalue weighted by Gasteiger charge is -2.10. The van der Waals surface area contributed by atoms with Crippen molar-refractivity contribution in [3.8, 4) is 11.3 Å². The van der Waals surface area contributed by atoms with Crippen LogP contribution in [0.1, 0.15) is 23.0 Å². The average Bonchev–Trinajstić information content (AvgIpc) is 3.19. The first-order valence-corrected chi connectivity index (χ1v) is 7.25. The third-order valence-electron chi connectivity index (χ3n) is 3.58. The van der Waals surface area contributed by atoms with E-state index in [1.165, 1.54) is 5.56 Å². The molecule has 3 aromatic rings. The second-order valence-electron chi connectivity index (χ2n) is 5.30. The molecule has 0 spiro atoms. The number of benzene rings is 1. The first-order chi connectivity index (χ1) is 10.7. The van der Waals surface area contributed by atoms with E-state index in [0.29, 0.717) is 18.8 Å². The molecule has 0 radical (unpaired) electrons. The molecule has 0 aliphatic rings. The summed E-state index contributed by atoms with van der Waals surface area (Å²) < 4.78 is 5.18. The number of hydrogen-bond acceptors (Lipinski definition) is 4. The summed E-state index contributed by atoms with van der Waals surface area (Å²) >= 11 is 0. The molecule has 0 aliphatic heterocycles. The molecule has 0 amide bonds. The number of rotatable bonds is 6. The Bertz CT molecular complexity index is 702. The number of aliphatic hydroxyl groups is 1. The predicted octanol–water partition coefficient (Wildman–Crippen LogP) is 2.80. The lowest BCUT2D eigenvalue weighted by atomic mass is 10.1. The van der Waals surface area contributed by atoms with Crippen molar-refractivity contribution in [2.75, 3.05) is 6.54 Å². The van der Waals surface area contributed by atoms with Crippen molar-refractivity contribution in [2.24, 2.45) is 0 Å². The molecule has 22 heavy (non-hydrogen) atoms. The van der Waals surface area contributed by atoms with Gasteiger partial charge in [0.05, 0.1) is 18.2 Å². The van der Waals surface area contributed by atoms with Crippen LogP contribution in [0.5, 0.6) is 0 Å². The summed E-state index contributed by atoms with van der Waals surface area (Å²) in [4.78, 5) is 0. The Balaban J connectivity index is 1.62. The van der Waals surface area contributed by atoms with E-state index in [1.807, 2.05) is 6.20 Å². The zero-order valence-corrected chi connectivity index (χ0v) is 12.4.